The number of nitrogens with one attached hydrogen (secondary N) is 1. The number of halogens is 1. The number of carbonyl (C=O) groups excluding carboxylic acids is 1. The normalized spacial score (nSPS) is 19.5. The molecule has 0 radical (unpaired) electrons. The standard InChI is InChI=1S/C22H24FN3O2/c1-14-6-8-18(9-7-14)26-13-16-11-20(21(28-2)12-19(16)25-26)24-22(27)15-4-3-5-17(23)10-15/h3-5,10-14,18H,6-9H2,1-2H3,(H,24,27)/t14-,18-. The fraction of sp³-hybridized carbons (Fsp3) is 0.364. The van der Waals surface area contributed by atoms with Gasteiger partial charge in [0.1, 0.15) is 11.6 Å². The van der Waals surface area contributed by atoms with Crippen molar-refractivity contribution in [1.82, 2.24) is 9.78 Å². The zero-order chi connectivity index (χ0) is 19.7. The van der Waals surface area contributed by atoms with Crippen molar-refractivity contribution in [1.29, 1.82) is 0 Å². The van der Waals surface area contributed by atoms with Gasteiger partial charge in [-0.2, -0.15) is 5.10 Å². The van der Waals surface area contributed by atoms with Crippen LogP contribution in [-0.2, 0) is 0 Å². The molecule has 1 amide bonds. The predicted molar refractivity (Wildman–Crippen MR) is 107 cm³/mol. The maximum Gasteiger partial charge on any atom is 0.255 e. The number of amides is 1. The highest BCUT2D eigenvalue weighted by atomic mass is 19.1. The van der Waals surface area contributed by atoms with Crippen LogP contribution in [0.4, 0.5) is 10.1 Å². The number of hydrogen-bond acceptors (Lipinski definition) is 3. The second-order valence-electron chi connectivity index (χ2n) is 7.60. The number of ether oxygens (including phenoxy) is 1. The van der Waals surface area contributed by atoms with Gasteiger partial charge in [0.25, 0.3) is 5.91 Å². The summed E-state index contributed by atoms with van der Waals surface area (Å²) in [6.45, 7) is 2.30. The molecule has 0 atom stereocenters. The summed E-state index contributed by atoms with van der Waals surface area (Å²) in [5.74, 6) is 0.481. The average Bonchev–Trinajstić information content (AvgIpc) is 3.10. The Labute approximate surface area is 163 Å². The molecular formula is C22H24FN3O2. The first kappa shape index (κ1) is 18.5. The molecule has 1 fully saturated rings. The molecule has 0 aliphatic heterocycles. The number of carbonyl (C=O) groups is 1. The molecule has 6 heteroatoms. The van der Waals surface area contributed by atoms with Gasteiger partial charge in [0.05, 0.1) is 24.4 Å². The highest BCUT2D eigenvalue weighted by Gasteiger charge is 2.21. The van der Waals surface area contributed by atoms with Crippen LogP contribution in [0.3, 0.4) is 0 Å². The van der Waals surface area contributed by atoms with Crippen LogP contribution in [0, 0.1) is 11.7 Å². The first-order valence-electron chi connectivity index (χ1n) is 9.67. The minimum atomic E-state index is -0.446. The van der Waals surface area contributed by atoms with E-state index in [-0.39, 0.29) is 11.5 Å². The SMILES string of the molecule is COc1cc2nn([C@H]3CC[C@H](C)CC3)cc2cc1NC(=O)c1cccc(F)c1. The van der Waals surface area contributed by atoms with Crippen LogP contribution in [0.5, 0.6) is 5.75 Å². The molecule has 4 rings (SSSR count). The Bertz CT molecular complexity index is 1010. The number of nitrogens with zero attached hydrogens (tertiary/aromatic N) is 2. The number of benzene rings is 2. The van der Waals surface area contributed by atoms with Crippen molar-refractivity contribution in [3.05, 3.63) is 54.0 Å². The van der Waals surface area contributed by atoms with Crippen molar-refractivity contribution in [2.45, 2.75) is 38.6 Å². The second kappa shape index (κ2) is 7.62. The predicted octanol–water partition coefficient (Wildman–Crippen LogP) is 5.19. The maximum atomic E-state index is 13.4. The molecule has 0 unspecified atom stereocenters. The summed E-state index contributed by atoms with van der Waals surface area (Å²) in [6.07, 6.45) is 6.75. The van der Waals surface area contributed by atoms with Gasteiger partial charge in [0.15, 0.2) is 0 Å². The fourth-order valence-electron chi connectivity index (χ4n) is 3.86. The first-order valence-corrected chi connectivity index (χ1v) is 9.67. The molecule has 0 saturated heterocycles. The van der Waals surface area contributed by atoms with Crippen LogP contribution in [0.15, 0.2) is 42.6 Å². The summed E-state index contributed by atoms with van der Waals surface area (Å²) in [4.78, 5) is 12.5. The minimum Gasteiger partial charge on any atom is -0.494 e. The van der Waals surface area contributed by atoms with Crippen molar-refractivity contribution in [2.24, 2.45) is 5.92 Å². The van der Waals surface area contributed by atoms with Gasteiger partial charge in [0, 0.05) is 23.2 Å². The lowest BCUT2D eigenvalue weighted by atomic mass is 9.87. The summed E-state index contributed by atoms with van der Waals surface area (Å²) in [5, 5.41) is 8.50. The van der Waals surface area contributed by atoms with Gasteiger partial charge >= 0.3 is 0 Å². The largest absolute Gasteiger partial charge is 0.494 e. The smallest absolute Gasteiger partial charge is 0.255 e. The van der Waals surface area contributed by atoms with Crippen molar-refractivity contribution in [3.8, 4) is 5.75 Å². The van der Waals surface area contributed by atoms with Gasteiger partial charge in [-0.25, -0.2) is 4.39 Å². The Balaban J connectivity index is 1.62. The highest BCUT2D eigenvalue weighted by molar-refractivity contribution is 6.06. The maximum absolute atomic E-state index is 13.4. The quantitative estimate of drug-likeness (QED) is 0.677. The van der Waals surface area contributed by atoms with Crippen LogP contribution < -0.4 is 10.1 Å². The lowest BCUT2D eigenvalue weighted by Gasteiger charge is -2.26. The van der Waals surface area contributed by atoms with E-state index in [1.54, 1.807) is 13.2 Å². The van der Waals surface area contributed by atoms with Gasteiger partial charge in [-0.3, -0.25) is 9.48 Å². The fourth-order valence-corrected chi connectivity index (χ4v) is 3.86. The van der Waals surface area contributed by atoms with E-state index < -0.39 is 5.82 Å². The minimum absolute atomic E-state index is 0.258. The van der Waals surface area contributed by atoms with E-state index in [2.05, 4.69) is 12.2 Å². The molecule has 1 aliphatic carbocycles. The van der Waals surface area contributed by atoms with E-state index >= 15 is 0 Å². The van der Waals surface area contributed by atoms with Gasteiger partial charge in [-0.05, 0) is 55.9 Å². The molecule has 1 aliphatic rings. The van der Waals surface area contributed by atoms with Gasteiger partial charge in [0.2, 0.25) is 0 Å². The zero-order valence-corrected chi connectivity index (χ0v) is 16.1. The average molecular weight is 381 g/mol. The lowest BCUT2D eigenvalue weighted by Crippen LogP contribution is -2.16. The van der Waals surface area contributed by atoms with E-state index in [1.807, 2.05) is 23.0 Å². The van der Waals surface area contributed by atoms with Crippen LogP contribution in [0.1, 0.15) is 49.0 Å². The van der Waals surface area contributed by atoms with Crippen LogP contribution in [0.2, 0.25) is 0 Å². The Kier molecular flexibility index (Phi) is 5.03. The molecule has 0 spiro atoms. The third-order valence-electron chi connectivity index (χ3n) is 5.54. The third-order valence-corrected chi connectivity index (χ3v) is 5.54. The molecule has 5 nitrogen and oxygen atoms in total. The summed E-state index contributed by atoms with van der Waals surface area (Å²) in [5.41, 5.74) is 1.63. The first-order chi connectivity index (χ1) is 13.5. The molecule has 28 heavy (non-hydrogen) atoms. The molecule has 2 aromatic carbocycles. The number of methoxy groups -OCH3 is 1. The van der Waals surface area contributed by atoms with Crippen molar-refractivity contribution >= 4 is 22.5 Å². The molecular weight excluding hydrogens is 357 g/mol. The Hall–Kier alpha value is -2.89. The third kappa shape index (κ3) is 3.72. The molecule has 146 valence electrons. The Morgan fingerprint density at radius 3 is 2.71 bits per heavy atom. The van der Waals surface area contributed by atoms with E-state index in [0.717, 1.165) is 29.7 Å². The highest BCUT2D eigenvalue weighted by Crippen LogP contribution is 2.34. The van der Waals surface area contributed by atoms with E-state index in [9.17, 15) is 9.18 Å². The van der Waals surface area contributed by atoms with Gasteiger partial charge in [-0.1, -0.05) is 13.0 Å². The molecule has 3 aromatic rings. The number of fused-ring (bicyclic) bond motifs is 1. The second-order valence-corrected chi connectivity index (χ2v) is 7.60. The molecule has 1 N–H and O–H groups in total. The molecule has 1 saturated carbocycles. The number of rotatable bonds is 4. The number of hydrogen-bond donors (Lipinski definition) is 1. The zero-order valence-electron chi connectivity index (χ0n) is 16.1. The molecule has 1 aromatic heterocycles. The van der Waals surface area contributed by atoms with Crippen molar-refractivity contribution < 1.29 is 13.9 Å². The van der Waals surface area contributed by atoms with Crippen molar-refractivity contribution in [2.75, 3.05) is 12.4 Å². The van der Waals surface area contributed by atoms with Crippen LogP contribution in [0.25, 0.3) is 10.9 Å². The Morgan fingerprint density at radius 1 is 1.21 bits per heavy atom. The molecule has 1 heterocycles. The molecule has 0 bridgehead atoms. The van der Waals surface area contributed by atoms with E-state index in [4.69, 9.17) is 9.84 Å². The number of anilines is 1. The summed E-state index contributed by atoms with van der Waals surface area (Å²) >= 11 is 0. The van der Waals surface area contributed by atoms with Gasteiger partial charge < -0.3 is 10.1 Å². The van der Waals surface area contributed by atoms with E-state index in [1.165, 1.54) is 31.0 Å². The Morgan fingerprint density at radius 2 is 2.00 bits per heavy atom. The van der Waals surface area contributed by atoms with E-state index in [0.29, 0.717) is 17.5 Å². The summed E-state index contributed by atoms with van der Waals surface area (Å²) in [7, 11) is 1.55. The lowest BCUT2D eigenvalue weighted by molar-refractivity contribution is 0.102. The number of aromatic nitrogens is 2. The summed E-state index contributed by atoms with van der Waals surface area (Å²) < 4.78 is 20.9. The van der Waals surface area contributed by atoms with Gasteiger partial charge in [-0.15, -0.1) is 0 Å². The van der Waals surface area contributed by atoms with Crippen molar-refractivity contribution in [3.63, 3.8) is 0 Å². The topological polar surface area (TPSA) is 56.1 Å². The monoisotopic (exact) mass is 381 g/mol. The van der Waals surface area contributed by atoms with Crippen LogP contribution in [-0.4, -0.2) is 22.8 Å². The van der Waals surface area contributed by atoms with Crippen LogP contribution >= 0.6 is 0 Å². The summed E-state index contributed by atoms with van der Waals surface area (Å²) in [6, 6.07) is 9.72.